The highest BCUT2D eigenvalue weighted by Gasteiger charge is 2.15. The zero-order chi connectivity index (χ0) is 13.8. The predicted octanol–water partition coefficient (Wildman–Crippen LogP) is 2.43. The zero-order valence-corrected chi connectivity index (χ0v) is 13.8. The van der Waals surface area contributed by atoms with Crippen LogP contribution in [0, 0.1) is 0 Å². The first-order valence-electron chi connectivity index (χ1n) is 6.31. The third-order valence-electron chi connectivity index (χ3n) is 2.88. The quantitative estimate of drug-likeness (QED) is 0.887. The van der Waals surface area contributed by atoms with E-state index in [1.165, 1.54) is 5.56 Å². The fourth-order valence-electron chi connectivity index (χ4n) is 1.79. The van der Waals surface area contributed by atoms with Crippen molar-refractivity contribution in [2.45, 2.75) is 25.9 Å². The standard InChI is InChI=1S/C13H20N4OS.ClH/c1-9(14-2)7-11-15-13(18-16-11)12-10(5-6-19-12)8-17(3)4;/h5-6,9,14H,7-8H2,1-4H3;1H. The van der Waals surface area contributed by atoms with E-state index in [9.17, 15) is 0 Å². The van der Waals surface area contributed by atoms with Crippen molar-refractivity contribution >= 4 is 23.7 Å². The van der Waals surface area contributed by atoms with Gasteiger partial charge in [-0.25, -0.2) is 0 Å². The molecular weight excluding hydrogens is 296 g/mol. The first kappa shape index (κ1) is 17.1. The monoisotopic (exact) mass is 316 g/mol. The van der Waals surface area contributed by atoms with Crippen molar-refractivity contribution in [2.24, 2.45) is 0 Å². The lowest BCUT2D eigenvalue weighted by Crippen LogP contribution is -2.24. The van der Waals surface area contributed by atoms with Gasteiger partial charge in [0.15, 0.2) is 5.82 Å². The molecule has 20 heavy (non-hydrogen) atoms. The third kappa shape index (κ3) is 4.28. The first-order chi connectivity index (χ1) is 9.10. The van der Waals surface area contributed by atoms with Gasteiger partial charge in [0, 0.05) is 19.0 Å². The van der Waals surface area contributed by atoms with Crippen LogP contribution in [0.4, 0.5) is 0 Å². The van der Waals surface area contributed by atoms with E-state index < -0.39 is 0 Å². The highest BCUT2D eigenvalue weighted by atomic mass is 35.5. The van der Waals surface area contributed by atoms with Gasteiger partial charge in [-0.2, -0.15) is 4.98 Å². The maximum absolute atomic E-state index is 5.38. The fraction of sp³-hybridized carbons (Fsp3) is 0.538. The smallest absolute Gasteiger partial charge is 0.268 e. The molecule has 0 fully saturated rings. The van der Waals surface area contributed by atoms with Gasteiger partial charge in [-0.3, -0.25) is 0 Å². The molecule has 1 atom stereocenters. The summed E-state index contributed by atoms with van der Waals surface area (Å²) >= 11 is 1.64. The summed E-state index contributed by atoms with van der Waals surface area (Å²) in [5.74, 6) is 1.38. The zero-order valence-electron chi connectivity index (χ0n) is 12.2. The molecule has 112 valence electrons. The van der Waals surface area contributed by atoms with Gasteiger partial charge in [-0.1, -0.05) is 5.16 Å². The van der Waals surface area contributed by atoms with Gasteiger partial charge < -0.3 is 14.7 Å². The largest absolute Gasteiger partial charge is 0.333 e. The second kappa shape index (κ2) is 7.73. The van der Waals surface area contributed by atoms with Crippen molar-refractivity contribution in [1.82, 2.24) is 20.4 Å². The van der Waals surface area contributed by atoms with Crippen LogP contribution in [-0.4, -0.2) is 42.2 Å². The Labute approximate surface area is 129 Å². The van der Waals surface area contributed by atoms with Crippen molar-refractivity contribution in [1.29, 1.82) is 0 Å². The van der Waals surface area contributed by atoms with Crippen LogP contribution in [-0.2, 0) is 13.0 Å². The van der Waals surface area contributed by atoms with Gasteiger partial charge in [0.25, 0.3) is 5.89 Å². The Kier molecular flexibility index (Phi) is 6.61. The Bertz CT molecular complexity index is 526. The minimum atomic E-state index is 0. The molecular formula is C13H21ClN4OS. The van der Waals surface area contributed by atoms with E-state index in [2.05, 4.69) is 52.8 Å². The summed E-state index contributed by atoms with van der Waals surface area (Å²) in [7, 11) is 6.03. The molecule has 2 heterocycles. The van der Waals surface area contributed by atoms with Gasteiger partial charge in [0.05, 0.1) is 4.88 Å². The molecule has 5 nitrogen and oxygen atoms in total. The van der Waals surface area contributed by atoms with Gasteiger partial charge in [0.2, 0.25) is 0 Å². The second-order valence-corrected chi connectivity index (χ2v) is 5.84. The Morgan fingerprint density at radius 2 is 2.20 bits per heavy atom. The lowest BCUT2D eigenvalue weighted by molar-refractivity contribution is 0.400. The maximum Gasteiger partial charge on any atom is 0.268 e. The lowest BCUT2D eigenvalue weighted by Gasteiger charge is -2.08. The van der Waals surface area contributed by atoms with E-state index in [0.717, 1.165) is 23.7 Å². The van der Waals surface area contributed by atoms with Crippen molar-refractivity contribution in [3.8, 4) is 10.8 Å². The van der Waals surface area contributed by atoms with Crippen LogP contribution in [0.15, 0.2) is 16.0 Å². The molecule has 0 aromatic carbocycles. The highest BCUT2D eigenvalue weighted by Crippen LogP contribution is 2.29. The number of hydrogen-bond donors (Lipinski definition) is 1. The molecule has 0 spiro atoms. The van der Waals surface area contributed by atoms with Gasteiger partial charge in [-0.15, -0.1) is 23.7 Å². The van der Waals surface area contributed by atoms with Crippen LogP contribution in [0.25, 0.3) is 10.8 Å². The molecule has 0 aliphatic rings. The Balaban J connectivity index is 0.00000200. The first-order valence-corrected chi connectivity index (χ1v) is 7.19. The Morgan fingerprint density at radius 1 is 1.45 bits per heavy atom. The number of aromatic nitrogens is 2. The molecule has 1 N–H and O–H groups in total. The molecule has 2 aromatic heterocycles. The van der Waals surface area contributed by atoms with Crippen LogP contribution < -0.4 is 5.32 Å². The summed E-state index contributed by atoms with van der Waals surface area (Å²) in [6, 6.07) is 2.45. The van der Waals surface area contributed by atoms with E-state index >= 15 is 0 Å². The molecule has 2 aromatic rings. The van der Waals surface area contributed by atoms with E-state index in [1.807, 2.05) is 7.05 Å². The summed E-state index contributed by atoms with van der Waals surface area (Å²) in [6.07, 6.45) is 0.772. The van der Waals surface area contributed by atoms with E-state index in [4.69, 9.17) is 4.52 Å². The summed E-state index contributed by atoms with van der Waals surface area (Å²) < 4.78 is 5.38. The van der Waals surface area contributed by atoms with Gasteiger partial charge in [0.1, 0.15) is 0 Å². The van der Waals surface area contributed by atoms with Crippen molar-refractivity contribution in [2.75, 3.05) is 21.1 Å². The van der Waals surface area contributed by atoms with Crippen LogP contribution in [0.1, 0.15) is 18.3 Å². The van der Waals surface area contributed by atoms with Crippen LogP contribution in [0.5, 0.6) is 0 Å². The normalized spacial score (nSPS) is 12.4. The lowest BCUT2D eigenvalue weighted by atomic mass is 10.2. The highest BCUT2D eigenvalue weighted by molar-refractivity contribution is 7.13. The SMILES string of the molecule is CNC(C)Cc1noc(-c2sccc2CN(C)C)n1.Cl. The number of nitrogens with one attached hydrogen (secondary N) is 1. The Morgan fingerprint density at radius 3 is 2.85 bits per heavy atom. The number of likely N-dealkylation sites (N-methyl/N-ethyl adjacent to an activating group) is 1. The number of nitrogens with zero attached hydrogens (tertiary/aromatic N) is 3. The summed E-state index contributed by atoms with van der Waals surface area (Å²) in [4.78, 5) is 7.69. The average molecular weight is 317 g/mol. The molecule has 0 aliphatic heterocycles. The van der Waals surface area contributed by atoms with Crippen LogP contribution in [0.2, 0.25) is 0 Å². The number of rotatable bonds is 6. The number of hydrogen-bond acceptors (Lipinski definition) is 6. The molecule has 0 bridgehead atoms. The molecule has 0 saturated heterocycles. The molecule has 0 radical (unpaired) electrons. The molecule has 7 heteroatoms. The fourth-order valence-corrected chi connectivity index (χ4v) is 2.63. The van der Waals surface area contributed by atoms with Crippen LogP contribution in [0.3, 0.4) is 0 Å². The average Bonchev–Trinajstić information content (AvgIpc) is 2.97. The second-order valence-electron chi connectivity index (χ2n) is 4.92. The van der Waals surface area contributed by atoms with E-state index in [0.29, 0.717) is 11.9 Å². The van der Waals surface area contributed by atoms with E-state index in [1.54, 1.807) is 11.3 Å². The number of thiophene rings is 1. The summed E-state index contributed by atoms with van der Waals surface area (Å²) in [6.45, 7) is 2.97. The topological polar surface area (TPSA) is 54.2 Å². The Hall–Kier alpha value is -0.950. The maximum atomic E-state index is 5.38. The van der Waals surface area contributed by atoms with Crippen molar-refractivity contribution < 1.29 is 4.52 Å². The third-order valence-corrected chi connectivity index (χ3v) is 3.82. The van der Waals surface area contributed by atoms with Crippen molar-refractivity contribution in [3.05, 3.63) is 22.8 Å². The van der Waals surface area contributed by atoms with E-state index in [-0.39, 0.29) is 12.4 Å². The molecule has 0 aliphatic carbocycles. The summed E-state index contributed by atoms with van der Waals surface area (Å²) in [5.41, 5.74) is 1.23. The molecule has 1 unspecified atom stereocenters. The predicted molar refractivity (Wildman–Crippen MR) is 84.5 cm³/mol. The molecule has 0 amide bonds. The summed E-state index contributed by atoms with van der Waals surface area (Å²) in [5, 5.41) is 9.28. The van der Waals surface area contributed by atoms with Gasteiger partial charge in [-0.05, 0) is 45.1 Å². The minimum Gasteiger partial charge on any atom is -0.333 e. The van der Waals surface area contributed by atoms with Gasteiger partial charge >= 0.3 is 0 Å². The van der Waals surface area contributed by atoms with Crippen LogP contribution >= 0.6 is 23.7 Å². The molecule has 0 saturated carbocycles. The number of halogens is 1. The molecule has 2 rings (SSSR count). The van der Waals surface area contributed by atoms with Crippen molar-refractivity contribution in [3.63, 3.8) is 0 Å². The minimum absolute atomic E-state index is 0.